The molecule has 1 saturated carbocycles. The minimum Gasteiger partial charge on any atom is -0.461 e. The van der Waals surface area contributed by atoms with E-state index in [-0.39, 0.29) is 61.0 Å². The molecule has 3 saturated heterocycles. The summed E-state index contributed by atoms with van der Waals surface area (Å²) >= 11 is 0. The van der Waals surface area contributed by atoms with Crippen LogP contribution in [0.4, 0.5) is 23.4 Å². The lowest BCUT2D eigenvalue weighted by Crippen LogP contribution is -2.55. The molecule has 8 rings (SSSR count). The van der Waals surface area contributed by atoms with Crippen LogP contribution >= 0.6 is 0 Å². The Morgan fingerprint density at radius 1 is 1.19 bits per heavy atom. The Hall–Kier alpha value is -4.24. The van der Waals surface area contributed by atoms with E-state index >= 15 is 8.78 Å². The summed E-state index contributed by atoms with van der Waals surface area (Å²) in [6.45, 7) is 4.56. The molecule has 3 aromatic rings. The number of carbonyl (C=O) groups is 1. The van der Waals surface area contributed by atoms with Crippen molar-refractivity contribution < 1.29 is 27.1 Å². The maximum Gasteiger partial charge on any atom is 0.319 e. The number of nitriles is 1. The van der Waals surface area contributed by atoms with Gasteiger partial charge in [-0.25, -0.2) is 17.6 Å². The van der Waals surface area contributed by atoms with Crippen molar-refractivity contribution in [3.05, 3.63) is 59.4 Å². The lowest BCUT2D eigenvalue weighted by atomic mass is 9.93. The van der Waals surface area contributed by atoms with E-state index in [1.54, 1.807) is 11.0 Å². The molecule has 2 aliphatic carbocycles. The number of hydrogen-bond donors (Lipinski definition) is 0. The van der Waals surface area contributed by atoms with Crippen molar-refractivity contribution in [1.29, 1.82) is 5.26 Å². The summed E-state index contributed by atoms with van der Waals surface area (Å²) in [6, 6.07) is 8.06. The molecule has 5 aliphatic rings. The van der Waals surface area contributed by atoms with Gasteiger partial charge in [-0.3, -0.25) is 9.69 Å². The predicted octanol–water partition coefficient (Wildman–Crippen LogP) is 5.60. The van der Waals surface area contributed by atoms with Crippen molar-refractivity contribution >= 4 is 22.6 Å². The Labute approximate surface area is 269 Å². The number of carbonyl (C=O) groups excluding carboxylic acids is 1. The van der Waals surface area contributed by atoms with E-state index in [0.29, 0.717) is 30.4 Å². The van der Waals surface area contributed by atoms with Gasteiger partial charge >= 0.3 is 6.01 Å². The zero-order valence-electron chi connectivity index (χ0n) is 25.8. The summed E-state index contributed by atoms with van der Waals surface area (Å²) in [5, 5.41) is 9.61. The number of nitrogens with zero attached hydrogens (tertiary/aromatic N) is 6. The van der Waals surface area contributed by atoms with Crippen molar-refractivity contribution in [2.75, 3.05) is 44.2 Å². The number of piperazine rings is 1. The standard InChI is InChI=1S/C35H34F4N6O2/c1-19(36)33(46)45-11-10-43(17-22(45)6-8-40)32-27-14-28(38)29(24-5-2-4-23-25-12-20(25)13-26(23)24)30(39)31(27)41-34(42-32)47-18-35-7-3-9-44(35)16-21(37)15-35/h2,4-5,14,20-22,25H,1,3,6-7,9-13,15-18H2/t20-,21+,22-,25-,35-/m0/s1. The van der Waals surface area contributed by atoms with E-state index in [1.807, 2.05) is 18.2 Å². The summed E-state index contributed by atoms with van der Waals surface area (Å²) in [5.74, 6) is -2.47. The van der Waals surface area contributed by atoms with Gasteiger partial charge in [-0.1, -0.05) is 24.8 Å². The second-order valence-electron chi connectivity index (χ2n) is 13.7. The number of halogens is 4. The third-order valence-corrected chi connectivity index (χ3v) is 10.9. The first-order valence-corrected chi connectivity index (χ1v) is 16.3. The number of alkyl halides is 1. The molecule has 8 nitrogen and oxygen atoms in total. The smallest absolute Gasteiger partial charge is 0.319 e. The Kier molecular flexibility index (Phi) is 7.17. The number of rotatable bonds is 7. The maximum absolute atomic E-state index is 16.8. The van der Waals surface area contributed by atoms with E-state index < -0.39 is 41.1 Å². The van der Waals surface area contributed by atoms with E-state index in [1.165, 1.54) is 11.0 Å². The Bertz CT molecular complexity index is 1860. The monoisotopic (exact) mass is 646 g/mol. The van der Waals surface area contributed by atoms with E-state index in [9.17, 15) is 18.8 Å². The summed E-state index contributed by atoms with van der Waals surface area (Å²) in [7, 11) is 0. The molecular formula is C35H34F4N6O2. The van der Waals surface area contributed by atoms with Gasteiger partial charge in [0, 0.05) is 38.0 Å². The van der Waals surface area contributed by atoms with Crippen LogP contribution in [0.15, 0.2) is 36.7 Å². The highest BCUT2D eigenvalue weighted by molar-refractivity contribution is 5.95. The minimum atomic E-state index is -1.13. The van der Waals surface area contributed by atoms with Gasteiger partial charge in [-0.2, -0.15) is 15.2 Å². The van der Waals surface area contributed by atoms with Crippen LogP contribution in [0.25, 0.3) is 22.0 Å². The normalized spacial score (nSPS) is 27.8. The molecule has 4 fully saturated rings. The Morgan fingerprint density at radius 3 is 2.85 bits per heavy atom. The molecule has 3 aliphatic heterocycles. The molecule has 2 aromatic carbocycles. The highest BCUT2D eigenvalue weighted by Crippen LogP contribution is 2.58. The lowest BCUT2D eigenvalue weighted by molar-refractivity contribution is -0.131. The number of ether oxygens (including phenoxy) is 1. The maximum atomic E-state index is 16.8. The van der Waals surface area contributed by atoms with Gasteiger partial charge in [-0.05, 0) is 66.8 Å². The van der Waals surface area contributed by atoms with Crippen LogP contribution in [0.1, 0.15) is 49.1 Å². The molecule has 5 atom stereocenters. The summed E-state index contributed by atoms with van der Waals surface area (Å²) < 4.78 is 67.4. The Balaban J connectivity index is 1.22. The number of aromatic nitrogens is 2. The van der Waals surface area contributed by atoms with Crippen LogP contribution in [-0.4, -0.2) is 82.8 Å². The molecule has 12 heteroatoms. The molecule has 4 heterocycles. The molecule has 244 valence electrons. The quantitative estimate of drug-likeness (QED) is 0.244. The van der Waals surface area contributed by atoms with Gasteiger partial charge in [0.2, 0.25) is 0 Å². The van der Waals surface area contributed by atoms with Crippen molar-refractivity contribution in [3.63, 3.8) is 0 Å². The molecule has 0 unspecified atom stereocenters. The van der Waals surface area contributed by atoms with E-state index in [0.717, 1.165) is 43.4 Å². The van der Waals surface area contributed by atoms with Crippen molar-refractivity contribution in [3.8, 4) is 23.2 Å². The number of hydrogen-bond acceptors (Lipinski definition) is 7. The predicted molar refractivity (Wildman–Crippen MR) is 166 cm³/mol. The molecular weight excluding hydrogens is 612 g/mol. The molecule has 0 N–H and O–H groups in total. The van der Waals surface area contributed by atoms with Gasteiger partial charge in [0.25, 0.3) is 5.91 Å². The van der Waals surface area contributed by atoms with Gasteiger partial charge in [0.1, 0.15) is 29.9 Å². The largest absolute Gasteiger partial charge is 0.461 e. The van der Waals surface area contributed by atoms with Crippen LogP contribution in [0.5, 0.6) is 6.01 Å². The summed E-state index contributed by atoms with van der Waals surface area (Å²) in [6.07, 6.45) is 2.80. The molecule has 47 heavy (non-hydrogen) atoms. The van der Waals surface area contributed by atoms with Crippen LogP contribution in [0, 0.1) is 28.9 Å². The van der Waals surface area contributed by atoms with Gasteiger partial charge in [-0.15, -0.1) is 0 Å². The van der Waals surface area contributed by atoms with Crippen molar-refractivity contribution in [1.82, 2.24) is 19.8 Å². The summed E-state index contributed by atoms with van der Waals surface area (Å²) in [4.78, 5) is 26.7. The topological polar surface area (TPSA) is 85.6 Å². The minimum absolute atomic E-state index is 0.0350. The van der Waals surface area contributed by atoms with E-state index in [4.69, 9.17) is 4.74 Å². The molecule has 0 radical (unpaired) electrons. The first-order valence-electron chi connectivity index (χ1n) is 16.3. The molecule has 1 aromatic heterocycles. The number of benzene rings is 2. The highest BCUT2D eigenvalue weighted by atomic mass is 19.1. The van der Waals surface area contributed by atoms with Crippen LogP contribution in [-0.2, 0) is 11.2 Å². The molecule has 0 bridgehead atoms. The second-order valence-corrected chi connectivity index (χ2v) is 13.7. The number of fused-ring (bicyclic) bond motifs is 5. The fourth-order valence-corrected chi connectivity index (χ4v) is 8.64. The zero-order chi connectivity index (χ0) is 32.6. The van der Waals surface area contributed by atoms with Gasteiger partial charge in [0.05, 0.1) is 29.6 Å². The first-order chi connectivity index (χ1) is 22.7. The fraction of sp³-hybridized carbons (Fsp3) is 0.486. The molecule has 1 amide bonds. The van der Waals surface area contributed by atoms with Crippen LogP contribution < -0.4 is 9.64 Å². The van der Waals surface area contributed by atoms with Crippen LogP contribution in [0.2, 0.25) is 0 Å². The molecule has 0 spiro atoms. The zero-order valence-corrected chi connectivity index (χ0v) is 25.8. The average Bonchev–Trinajstić information content (AvgIpc) is 3.39. The average molecular weight is 647 g/mol. The lowest BCUT2D eigenvalue weighted by Gasteiger charge is -2.41. The first kappa shape index (κ1) is 30.1. The summed E-state index contributed by atoms with van der Waals surface area (Å²) in [5.41, 5.74) is 1.85. The number of amides is 1. The third kappa shape index (κ3) is 4.93. The van der Waals surface area contributed by atoms with Gasteiger partial charge in [0.15, 0.2) is 11.6 Å². The van der Waals surface area contributed by atoms with Crippen molar-refractivity contribution in [2.45, 2.75) is 62.2 Å². The van der Waals surface area contributed by atoms with E-state index in [2.05, 4.69) is 21.4 Å². The van der Waals surface area contributed by atoms with Crippen LogP contribution in [0.3, 0.4) is 0 Å². The Morgan fingerprint density at radius 2 is 2.04 bits per heavy atom. The fourth-order valence-electron chi connectivity index (χ4n) is 8.64. The number of anilines is 1. The van der Waals surface area contributed by atoms with Gasteiger partial charge < -0.3 is 14.5 Å². The third-order valence-electron chi connectivity index (χ3n) is 10.9. The second kappa shape index (κ2) is 11.2. The highest BCUT2D eigenvalue weighted by Gasteiger charge is 2.50. The SMILES string of the molecule is C=C(F)C(=O)N1CCN(c2nc(OC[C@@]34CCCN3C[C@H](F)C4)nc3c(F)c(-c4cccc5c4C[C@@H]4C[C@H]54)c(F)cc23)C[C@@H]1CC#N. The van der Waals surface area contributed by atoms with Crippen molar-refractivity contribution in [2.24, 2.45) is 5.92 Å².